The summed E-state index contributed by atoms with van der Waals surface area (Å²) in [5.41, 5.74) is 0. The largest absolute Gasteiger partial charge is 0.456 e. The molecule has 0 spiro atoms. The molecule has 1 heterocycles. The van der Waals surface area contributed by atoms with E-state index in [-0.39, 0.29) is 12.5 Å². The lowest BCUT2D eigenvalue weighted by atomic mass is 10.2. The molecule has 0 bridgehead atoms. The molecule has 4 nitrogen and oxygen atoms in total. The molecule has 0 aliphatic rings. The Hall–Kier alpha value is -1.29. The third-order valence-corrected chi connectivity index (χ3v) is 2.60. The first-order valence-electron chi connectivity index (χ1n) is 6.25. The molecule has 4 heteroatoms. The Kier molecular flexibility index (Phi) is 6.40. The molecular weight excluding hydrogens is 218 g/mol. The van der Waals surface area contributed by atoms with Crippen LogP contribution in [0.3, 0.4) is 0 Å². The van der Waals surface area contributed by atoms with Gasteiger partial charge < -0.3 is 14.8 Å². The summed E-state index contributed by atoms with van der Waals surface area (Å²) in [4.78, 5) is 11.6. The Bertz CT molecular complexity index is 333. The molecule has 0 radical (unpaired) electrons. The first-order chi connectivity index (χ1) is 8.27. The van der Waals surface area contributed by atoms with E-state index in [1.807, 2.05) is 13.0 Å². The number of aliphatic hydroxyl groups is 1. The molecule has 2 N–H and O–H groups in total. The number of aryl methyl sites for hydroxylation is 1. The van der Waals surface area contributed by atoms with E-state index in [1.54, 1.807) is 6.07 Å². The van der Waals surface area contributed by atoms with Crippen LogP contribution in [-0.4, -0.2) is 24.2 Å². The Morgan fingerprint density at radius 2 is 2.06 bits per heavy atom. The van der Waals surface area contributed by atoms with Gasteiger partial charge in [-0.3, -0.25) is 4.79 Å². The second-order valence-electron chi connectivity index (χ2n) is 4.01. The third kappa shape index (κ3) is 5.04. The van der Waals surface area contributed by atoms with Crippen molar-refractivity contribution < 1.29 is 14.3 Å². The van der Waals surface area contributed by atoms with Crippen molar-refractivity contribution in [2.75, 3.05) is 13.2 Å². The Morgan fingerprint density at radius 1 is 1.29 bits per heavy atom. The molecule has 0 atom stereocenters. The van der Waals surface area contributed by atoms with Gasteiger partial charge >= 0.3 is 0 Å². The number of furan rings is 1. The molecule has 1 aromatic rings. The van der Waals surface area contributed by atoms with Crippen LogP contribution in [0.5, 0.6) is 0 Å². The van der Waals surface area contributed by atoms with E-state index < -0.39 is 0 Å². The van der Waals surface area contributed by atoms with Gasteiger partial charge in [0, 0.05) is 19.6 Å². The second kappa shape index (κ2) is 7.90. The van der Waals surface area contributed by atoms with Crippen molar-refractivity contribution in [3.63, 3.8) is 0 Å². The number of unbranched alkanes of at least 4 members (excludes halogenated alkanes) is 3. The predicted molar refractivity (Wildman–Crippen MR) is 66.0 cm³/mol. The van der Waals surface area contributed by atoms with E-state index in [9.17, 15) is 4.79 Å². The zero-order valence-electron chi connectivity index (χ0n) is 10.4. The highest BCUT2D eigenvalue weighted by Gasteiger charge is 2.09. The minimum absolute atomic E-state index is 0.146. The van der Waals surface area contributed by atoms with Crippen LogP contribution in [0.2, 0.25) is 0 Å². The van der Waals surface area contributed by atoms with Crippen LogP contribution in [0.4, 0.5) is 0 Å². The van der Waals surface area contributed by atoms with Crippen LogP contribution >= 0.6 is 0 Å². The van der Waals surface area contributed by atoms with Crippen molar-refractivity contribution in [1.82, 2.24) is 5.32 Å². The van der Waals surface area contributed by atoms with Crippen molar-refractivity contribution in [3.05, 3.63) is 23.7 Å². The predicted octanol–water partition coefficient (Wildman–Crippen LogP) is 2.12. The van der Waals surface area contributed by atoms with E-state index in [4.69, 9.17) is 9.52 Å². The summed E-state index contributed by atoms with van der Waals surface area (Å²) in [6, 6.07) is 3.54. The van der Waals surface area contributed by atoms with E-state index in [1.165, 1.54) is 0 Å². The van der Waals surface area contributed by atoms with Crippen LogP contribution in [0.25, 0.3) is 0 Å². The maximum absolute atomic E-state index is 11.6. The van der Waals surface area contributed by atoms with Gasteiger partial charge in [0.05, 0.1) is 0 Å². The van der Waals surface area contributed by atoms with Gasteiger partial charge in [0.1, 0.15) is 5.76 Å². The van der Waals surface area contributed by atoms with E-state index >= 15 is 0 Å². The molecule has 0 unspecified atom stereocenters. The molecule has 0 fully saturated rings. The van der Waals surface area contributed by atoms with Gasteiger partial charge in [-0.2, -0.15) is 0 Å². The zero-order valence-corrected chi connectivity index (χ0v) is 10.4. The molecule has 0 aromatic carbocycles. The molecule has 17 heavy (non-hydrogen) atoms. The monoisotopic (exact) mass is 239 g/mol. The van der Waals surface area contributed by atoms with Gasteiger partial charge in [-0.05, 0) is 25.0 Å². The molecule has 0 saturated carbocycles. The third-order valence-electron chi connectivity index (χ3n) is 2.60. The van der Waals surface area contributed by atoms with Crippen molar-refractivity contribution >= 4 is 5.91 Å². The summed E-state index contributed by atoms with van der Waals surface area (Å²) in [5.74, 6) is 1.07. The first kappa shape index (κ1) is 13.8. The maximum Gasteiger partial charge on any atom is 0.286 e. The zero-order chi connectivity index (χ0) is 12.5. The van der Waals surface area contributed by atoms with E-state index in [2.05, 4.69) is 5.32 Å². The summed E-state index contributed by atoms with van der Waals surface area (Å²) in [6.07, 6.45) is 4.61. The fraction of sp³-hybridized carbons (Fsp3) is 0.615. The lowest BCUT2D eigenvalue weighted by Gasteiger charge is -2.02. The number of carbonyl (C=O) groups excluding carboxylic acids is 1. The van der Waals surface area contributed by atoms with Crippen LogP contribution < -0.4 is 5.32 Å². The van der Waals surface area contributed by atoms with Crippen molar-refractivity contribution in [2.24, 2.45) is 0 Å². The number of amides is 1. The number of aliphatic hydroxyl groups excluding tert-OH is 1. The standard InChI is InChI=1S/C13H21NO3/c1-2-11-7-8-12(17-11)13(16)14-9-5-3-4-6-10-15/h7-8,15H,2-6,9-10H2,1H3,(H,14,16). The quantitative estimate of drug-likeness (QED) is 0.683. The van der Waals surface area contributed by atoms with Crippen LogP contribution in [0.15, 0.2) is 16.5 Å². The number of carbonyl (C=O) groups is 1. The van der Waals surface area contributed by atoms with Gasteiger partial charge in [0.15, 0.2) is 5.76 Å². The Labute approximate surface area is 102 Å². The van der Waals surface area contributed by atoms with Gasteiger partial charge in [0.2, 0.25) is 0 Å². The molecule has 1 amide bonds. The number of hydrogen-bond donors (Lipinski definition) is 2. The molecule has 1 rings (SSSR count). The second-order valence-corrected chi connectivity index (χ2v) is 4.01. The van der Waals surface area contributed by atoms with Crippen molar-refractivity contribution in [2.45, 2.75) is 39.0 Å². The number of rotatable bonds is 8. The van der Waals surface area contributed by atoms with Crippen molar-refractivity contribution in [3.8, 4) is 0 Å². The van der Waals surface area contributed by atoms with Gasteiger partial charge in [-0.25, -0.2) is 0 Å². The van der Waals surface area contributed by atoms with Gasteiger partial charge in [-0.15, -0.1) is 0 Å². The van der Waals surface area contributed by atoms with Crippen LogP contribution in [-0.2, 0) is 6.42 Å². The lowest BCUT2D eigenvalue weighted by molar-refractivity contribution is 0.0923. The molecule has 1 aromatic heterocycles. The first-order valence-corrected chi connectivity index (χ1v) is 6.25. The normalized spacial score (nSPS) is 10.5. The van der Waals surface area contributed by atoms with Crippen molar-refractivity contribution in [1.29, 1.82) is 0 Å². The highest BCUT2D eigenvalue weighted by atomic mass is 16.3. The molecule has 0 aliphatic heterocycles. The summed E-state index contributed by atoms with van der Waals surface area (Å²) in [6.45, 7) is 2.90. The van der Waals surface area contributed by atoms with Gasteiger partial charge in [-0.1, -0.05) is 19.8 Å². The Balaban J connectivity index is 2.16. The van der Waals surface area contributed by atoms with E-state index in [0.29, 0.717) is 12.3 Å². The average molecular weight is 239 g/mol. The van der Waals surface area contributed by atoms with Crippen LogP contribution in [0.1, 0.15) is 48.9 Å². The van der Waals surface area contributed by atoms with E-state index in [0.717, 1.165) is 37.9 Å². The SMILES string of the molecule is CCc1ccc(C(=O)NCCCCCCO)o1. The average Bonchev–Trinajstić information content (AvgIpc) is 2.82. The van der Waals surface area contributed by atoms with Crippen LogP contribution in [0, 0.1) is 0 Å². The maximum atomic E-state index is 11.6. The fourth-order valence-electron chi connectivity index (χ4n) is 1.57. The Morgan fingerprint density at radius 3 is 2.71 bits per heavy atom. The summed E-state index contributed by atoms with van der Waals surface area (Å²) in [5, 5.41) is 11.4. The molecule has 0 aliphatic carbocycles. The lowest BCUT2D eigenvalue weighted by Crippen LogP contribution is -2.23. The minimum Gasteiger partial charge on any atom is -0.456 e. The summed E-state index contributed by atoms with van der Waals surface area (Å²) < 4.78 is 5.35. The molecule has 96 valence electrons. The minimum atomic E-state index is -0.146. The highest BCUT2D eigenvalue weighted by molar-refractivity contribution is 5.91. The number of nitrogens with one attached hydrogen (secondary N) is 1. The smallest absolute Gasteiger partial charge is 0.286 e. The topological polar surface area (TPSA) is 62.5 Å². The molecule has 0 saturated heterocycles. The van der Waals surface area contributed by atoms with Gasteiger partial charge in [0.25, 0.3) is 5.91 Å². The number of hydrogen-bond acceptors (Lipinski definition) is 3. The summed E-state index contributed by atoms with van der Waals surface area (Å²) in [7, 11) is 0. The molecular formula is C13H21NO3. The fourth-order valence-corrected chi connectivity index (χ4v) is 1.57. The highest BCUT2D eigenvalue weighted by Crippen LogP contribution is 2.08. The summed E-state index contributed by atoms with van der Waals surface area (Å²) >= 11 is 0.